The number of ether oxygens (including phenoxy) is 1. The Bertz CT molecular complexity index is 581. The van der Waals surface area contributed by atoms with Crippen molar-refractivity contribution in [1.29, 1.82) is 0 Å². The number of nitrogens with zero attached hydrogens (tertiary/aromatic N) is 1. The van der Waals surface area contributed by atoms with Gasteiger partial charge in [-0.15, -0.1) is 0 Å². The van der Waals surface area contributed by atoms with Crippen molar-refractivity contribution in [3.8, 4) is 0 Å². The molecule has 0 saturated heterocycles. The second-order valence-corrected chi connectivity index (χ2v) is 4.26. The standard InChI is InChI=1S/C13H12ClNO2/c1-8-3-4-11-10(5-8)9(6-12(14)15-11)7-13(16)17-2/h3-6H,7H2,1-2H3. The molecule has 1 heterocycles. The Morgan fingerprint density at radius 2 is 2.18 bits per heavy atom. The lowest BCUT2D eigenvalue weighted by Crippen LogP contribution is -2.05. The second-order valence-electron chi connectivity index (χ2n) is 3.88. The van der Waals surface area contributed by atoms with Gasteiger partial charge in [0.1, 0.15) is 5.15 Å². The van der Waals surface area contributed by atoms with Gasteiger partial charge in [0.25, 0.3) is 0 Å². The number of hydrogen-bond donors (Lipinski definition) is 0. The molecule has 0 saturated carbocycles. The molecule has 2 rings (SSSR count). The second kappa shape index (κ2) is 4.72. The van der Waals surface area contributed by atoms with Gasteiger partial charge in [-0.2, -0.15) is 0 Å². The summed E-state index contributed by atoms with van der Waals surface area (Å²) in [4.78, 5) is 15.6. The van der Waals surface area contributed by atoms with Crippen LogP contribution in [0.4, 0.5) is 0 Å². The highest BCUT2D eigenvalue weighted by Crippen LogP contribution is 2.22. The van der Waals surface area contributed by atoms with Gasteiger partial charge in [0.15, 0.2) is 0 Å². The molecule has 0 unspecified atom stereocenters. The van der Waals surface area contributed by atoms with E-state index in [4.69, 9.17) is 11.6 Å². The third kappa shape index (κ3) is 2.56. The fourth-order valence-electron chi connectivity index (χ4n) is 1.75. The summed E-state index contributed by atoms with van der Waals surface area (Å²) in [6, 6.07) is 7.57. The molecule has 17 heavy (non-hydrogen) atoms. The van der Waals surface area contributed by atoms with Crippen LogP contribution in [0.5, 0.6) is 0 Å². The topological polar surface area (TPSA) is 39.2 Å². The molecule has 0 aliphatic heterocycles. The van der Waals surface area contributed by atoms with Gasteiger partial charge in [-0.1, -0.05) is 23.2 Å². The highest BCUT2D eigenvalue weighted by atomic mass is 35.5. The number of aryl methyl sites for hydroxylation is 1. The molecule has 0 aliphatic rings. The van der Waals surface area contributed by atoms with Crippen LogP contribution in [-0.2, 0) is 16.0 Å². The van der Waals surface area contributed by atoms with E-state index in [0.29, 0.717) is 5.15 Å². The molecule has 0 atom stereocenters. The van der Waals surface area contributed by atoms with E-state index in [1.807, 2.05) is 25.1 Å². The van der Waals surface area contributed by atoms with Crippen LogP contribution >= 0.6 is 11.6 Å². The summed E-state index contributed by atoms with van der Waals surface area (Å²) >= 11 is 5.93. The van der Waals surface area contributed by atoms with Crippen molar-refractivity contribution >= 4 is 28.5 Å². The van der Waals surface area contributed by atoms with E-state index in [1.165, 1.54) is 7.11 Å². The molecule has 3 nitrogen and oxygen atoms in total. The Labute approximate surface area is 104 Å². The maximum absolute atomic E-state index is 11.3. The summed E-state index contributed by atoms with van der Waals surface area (Å²) in [5, 5.41) is 1.33. The zero-order chi connectivity index (χ0) is 12.4. The minimum atomic E-state index is -0.282. The molecular formula is C13H12ClNO2. The summed E-state index contributed by atoms with van der Waals surface area (Å²) in [7, 11) is 1.37. The monoisotopic (exact) mass is 249 g/mol. The van der Waals surface area contributed by atoms with Gasteiger partial charge in [0.05, 0.1) is 19.0 Å². The van der Waals surface area contributed by atoms with E-state index in [-0.39, 0.29) is 12.4 Å². The van der Waals surface area contributed by atoms with Crippen molar-refractivity contribution in [2.24, 2.45) is 0 Å². The number of pyridine rings is 1. The third-order valence-corrected chi connectivity index (χ3v) is 2.77. The summed E-state index contributed by atoms with van der Waals surface area (Å²) in [5.41, 5.74) is 2.75. The van der Waals surface area contributed by atoms with Crippen LogP contribution in [0.3, 0.4) is 0 Å². The number of methoxy groups -OCH3 is 1. The van der Waals surface area contributed by atoms with E-state index in [2.05, 4.69) is 9.72 Å². The SMILES string of the molecule is COC(=O)Cc1cc(Cl)nc2ccc(C)cc12. The summed E-state index contributed by atoms with van der Waals surface area (Å²) < 4.78 is 4.67. The molecule has 1 aromatic carbocycles. The van der Waals surface area contributed by atoms with Crippen LogP contribution in [0.2, 0.25) is 5.15 Å². The lowest BCUT2D eigenvalue weighted by atomic mass is 10.0. The van der Waals surface area contributed by atoms with E-state index >= 15 is 0 Å². The van der Waals surface area contributed by atoms with E-state index in [9.17, 15) is 4.79 Å². The zero-order valence-electron chi connectivity index (χ0n) is 9.66. The Hall–Kier alpha value is -1.61. The van der Waals surface area contributed by atoms with Crippen LogP contribution < -0.4 is 0 Å². The van der Waals surface area contributed by atoms with Crippen molar-refractivity contribution in [3.63, 3.8) is 0 Å². The smallest absolute Gasteiger partial charge is 0.310 e. The van der Waals surface area contributed by atoms with Gasteiger partial charge in [-0.25, -0.2) is 4.98 Å². The van der Waals surface area contributed by atoms with Gasteiger partial charge in [-0.3, -0.25) is 4.79 Å². The molecule has 0 fully saturated rings. The normalized spacial score (nSPS) is 10.5. The van der Waals surface area contributed by atoms with Crippen LogP contribution in [0.25, 0.3) is 10.9 Å². The highest BCUT2D eigenvalue weighted by molar-refractivity contribution is 6.30. The number of carbonyl (C=O) groups excluding carboxylic acids is 1. The van der Waals surface area contributed by atoms with Gasteiger partial charge in [0.2, 0.25) is 0 Å². The van der Waals surface area contributed by atoms with Crippen LogP contribution in [0.15, 0.2) is 24.3 Å². The number of hydrogen-bond acceptors (Lipinski definition) is 3. The molecule has 0 radical (unpaired) electrons. The highest BCUT2D eigenvalue weighted by Gasteiger charge is 2.09. The van der Waals surface area contributed by atoms with E-state index in [0.717, 1.165) is 22.0 Å². The number of carbonyl (C=O) groups is 1. The maximum atomic E-state index is 11.3. The van der Waals surface area contributed by atoms with Crippen molar-refractivity contribution in [2.75, 3.05) is 7.11 Å². The lowest BCUT2D eigenvalue weighted by molar-refractivity contribution is -0.139. The first-order valence-electron chi connectivity index (χ1n) is 5.23. The largest absolute Gasteiger partial charge is 0.469 e. The minimum absolute atomic E-state index is 0.207. The number of rotatable bonds is 2. The van der Waals surface area contributed by atoms with Gasteiger partial charge < -0.3 is 4.74 Å². The van der Waals surface area contributed by atoms with Gasteiger partial charge in [0, 0.05) is 5.39 Å². The molecular weight excluding hydrogens is 238 g/mol. The average Bonchev–Trinajstić information content (AvgIpc) is 2.29. The number of aromatic nitrogens is 1. The molecule has 1 aromatic heterocycles. The van der Waals surface area contributed by atoms with Crippen LogP contribution in [-0.4, -0.2) is 18.1 Å². The first-order valence-corrected chi connectivity index (χ1v) is 5.60. The number of esters is 1. The summed E-state index contributed by atoms with van der Waals surface area (Å²) in [6.45, 7) is 2.00. The van der Waals surface area contributed by atoms with Crippen molar-refractivity contribution < 1.29 is 9.53 Å². The molecule has 0 spiro atoms. The van der Waals surface area contributed by atoms with Crippen molar-refractivity contribution in [3.05, 3.63) is 40.5 Å². The molecule has 0 N–H and O–H groups in total. The maximum Gasteiger partial charge on any atom is 0.310 e. The predicted octanol–water partition coefficient (Wildman–Crippen LogP) is 2.91. The predicted molar refractivity (Wildman–Crippen MR) is 67.2 cm³/mol. The lowest BCUT2D eigenvalue weighted by Gasteiger charge is -2.07. The zero-order valence-corrected chi connectivity index (χ0v) is 10.4. The van der Waals surface area contributed by atoms with E-state index in [1.54, 1.807) is 6.07 Å². The van der Waals surface area contributed by atoms with Crippen molar-refractivity contribution in [1.82, 2.24) is 4.98 Å². The number of fused-ring (bicyclic) bond motifs is 1. The molecule has 0 aliphatic carbocycles. The summed E-state index contributed by atoms with van der Waals surface area (Å²) in [6.07, 6.45) is 0.207. The number of halogens is 1. The Kier molecular flexibility index (Phi) is 3.29. The fraction of sp³-hybridized carbons (Fsp3) is 0.231. The molecule has 88 valence electrons. The van der Waals surface area contributed by atoms with Gasteiger partial charge in [-0.05, 0) is 30.7 Å². The Morgan fingerprint density at radius 3 is 2.88 bits per heavy atom. The quantitative estimate of drug-likeness (QED) is 0.607. The molecule has 0 bridgehead atoms. The first kappa shape index (κ1) is 11.9. The first-order chi connectivity index (χ1) is 8.10. The Morgan fingerprint density at radius 1 is 1.41 bits per heavy atom. The summed E-state index contributed by atoms with van der Waals surface area (Å²) in [5.74, 6) is -0.282. The van der Waals surface area contributed by atoms with Crippen LogP contribution in [0.1, 0.15) is 11.1 Å². The molecule has 0 amide bonds. The van der Waals surface area contributed by atoms with Gasteiger partial charge >= 0.3 is 5.97 Å². The molecule has 4 heteroatoms. The number of benzene rings is 1. The molecule has 2 aromatic rings. The Balaban J connectivity index is 2.59. The van der Waals surface area contributed by atoms with E-state index < -0.39 is 0 Å². The third-order valence-electron chi connectivity index (χ3n) is 2.58. The minimum Gasteiger partial charge on any atom is -0.469 e. The average molecular weight is 250 g/mol. The van der Waals surface area contributed by atoms with Crippen molar-refractivity contribution in [2.45, 2.75) is 13.3 Å². The van der Waals surface area contributed by atoms with Crippen LogP contribution in [0, 0.1) is 6.92 Å². The fourth-order valence-corrected chi connectivity index (χ4v) is 1.97.